The van der Waals surface area contributed by atoms with Crippen molar-refractivity contribution in [2.24, 2.45) is 10.9 Å². The second-order valence-electron chi connectivity index (χ2n) is 4.76. The van der Waals surface area contributed by atoms with Gasteiger partial charge in [0.05, 0.1) is 6.21 Å². The van der Waals surface area contributed by atoms with Gasteiger partial charge in [-0.3, -0.25) is 9.59 Å². The molecule has 1 aliphatic rings. The van der Waals surface area contributed by atoms with E-state index in [4.69, 9.17) is 15.7 Å². The van der Waals surface area contributed by atoms with Crippen LogP contribution >= 0.6 is 0 Å². The van der Waals surface area contributed by atoms with Gasteiger partial charge in [0.1, 0.15) is 11.9 Å². The standard InChI is InChI=1S/C14H17N3O4/c15-13(18)14(19)17-7-5-11(6-8-17)21-12-4-2-1-3-10(12)9-16-20/h1-4,9,11,20H,5-8H2,(H2,15,18). The number of oxime groups is 1. The number of para-hydroxylation sites is 1. The van der Waals surface area contributed by atoms with Crippen molar-refractivity contribution < 1.29 is 19.5 Å². The molecule has 112 valence electrons. The third-order valence-corrected chi connectivity index (χ3v) is 3.35. The van der Waals surface area contributed by atoms with Crippen LogP contribution in [0.15, 0.2) is 29.4 Å². The summed E-state index contributed by atoms with van der Waals surface area (Å²) in [4.78, 5) is 23.8. The maximum Gasteiger partial charge on any atom is 0.311 e. The van der Waals surface area contributed by atoms with Crippen molar-refractivity contribution in [1.29, 1.82) is 0 Å². The summed E-state index contributed by atoms with van der Waals surface area (Å²) in [6.45, 7) is 0.866. The zero-order chi connectivity index (χ0) is 15.2. The first kappa shape index (κ1) is 14.8. The largest absolute Gasteiger partial charge is 0.490 e. The summed E-state index contributed by atoms with van der Waals surface area (Å²) in [6, 6.07) is 7.21. The van der Waals surface area contributed by atoms with Crippen LogP contribution in [-0.2, 0) is 9.59 Å². The fourth-order valence-electron chi connectivity index (χ4n) is 2.27. The number of carbonyl (C=O) groups is 2. The number of hydrogen-bond acceptors (Lipinski definition) is 5. The smallest absolute Gasteiger partial charge is 0.311 e. The minimum Gasteiger partial charge on any atom is -0.490 e. The zero-order valence-corrected chi connectivity index (χ0v) is 11.4. The summed E-state index contributed by atoms with van der Waals surface area (Å²) < 4.78 is 5.87. The quantitative estimate of drug-likeness (QED) is 0.363. The summed E-state index contributed by atoms with van der Waals surface area (Å²) in [5.74, 6) is -0.963. The van der Waals surface area contributed by atoms with Gasteiger partial charge in [-0.2, -0.15) is 0 Å². The van der Waals surface area contributed by atoms with E-state index < -0.39 is 11.8 Å². The lowest BCUT2D eigenvalue weighted by atomic mass is 10.1. The number of nitrogens with zero attached hydrogens (tertiary/aromatic N) is 2. The number of hydrogen-bond donors (Lipinski definition) is 2. The van der Waals surface area contributed by atoms with Crippen LogP contribution < -0.4 is 10.5 Å². The minimum atomic E-state index is -0.932. The normalized spacial score (nSPS) is 16.1. The van der Waals surface area contributed by atoms with Crippen molar-refractivity contribution in [2.75, 3.05) is 13.1 Å². The lowest BCUT2D eigenvalue weighted by Crippen LogP contribution is -2.46. The summed E-state index contributed by atoms with van der Waals surface area (Å²) in [6.07, 6.45) is 2.48. The second kappa shape index (κ2) is 6.74. The molecule has 2 rings (SSSR count). The topological polar surface area (TPSA) is 105 Å². The number of benzene rings is 1. The summed E-state index contributed by atoms with van der Waals surface area (Å²) in [7, 11) is 0. The number of ether oxygens (including phenoxy) is 1. The summed E-state index contributed by atoms with van der Waals surface area (Å²) in [5.41, 5.74) is 5.66. The van der Waals surface area contributed by atoms with Crippen molar-refractivity contribution in [3.8, 4) is 5.75 Å². The van der Waals surface area contributed by atoms with E-state index in [0.717, 1.165) is 0 Å². The van der Waals surface area contributed by atoms with Gasteiger partial charge in [0.15, 0.2) is 0 Å². The number of piperidine rings is 1. The molecule has 0 unspecified atom stereocenters. The molecule has 3 N–H and O–H groups in total. The molecule has 1 fully saturated rings. The van der Waals surface area contributed by atoms with E-state index in [1.54, 1.807) is 12.1 Å². The molecule has 0 aromatic heterocycles. The van der Waals surface area contributed by atoms with Crippen LogP contribution in [0.1, 0.15) is 18.4 Å². The van der Waals surface area contributed by atoms with Crippen LogP contribution in [0.25, 0.3) is 0 Å². The van der Waals surface area contributed by atoms with E-state index in [-0.39, 0.29) is 6.10 Å². The summed E-state index contributed by atoms with van der Waals surface area (Å²) in [5, 5.41) is 11.6. The van der Waals surface area contributed by atoms with Crippen molar-refractivity contribution in [3.05, 3.63) is 29.8 Å². The molecule has 7 heteroatoms. The molecule has 1 heterocycles. The highest BCUT2D eigenvalue weighted by Gasteiger charge is 2.26. The van der Waals surface area contributed by atoms with Crippen molar-refractivity contribution in [2.45, 2.75) is 18.9 Å². The first-order valence-corrected chi connectivity index (χ1v) is 6.63. The molecule has 0 spiro atoms. The Labute approximate surface area is 122 Å². The predicted molar refractivity (Wildman–Crippen MR) is 75.2 cm³/mol. The third kappa shape index (κ3) is 3.71. The van der Waals surface area contributed by atoms with Crippen LogP contribution in [0.3, 0.4) is 0 Å². The van der Waals surface area contributed by atoms with Gasteiger partial charge in [-0.25, -0.2) is 0 Å². The lowest BCUT2D eigenvalue weighted by molar-refractivity contribution is -0.145. The lowest BCUT2D eigenvalue weighted by Gasteiger charge is -2.31. The average molecular weight is 291 g/mol. The molecule has 7 nitrogen and oxygen atoms in total. The highest BCUT2D eigenvalue weighted by molar-refractivity contribution is 6.34. The molecule has 0 radical (unpaired) electrons. The van der Waals surface area contributed by atoms with Gasteiger partial charge in [-0.15, -0.1) is 0 Å². The number of likely N-dealkylation sites (tertiary alicyclic amines) is 1. The van der Waals surface area contributed by atoms with Gasteiger partial charge in [0.25, 0.3) is 0 Å². The number of carbonyl (C=O) groups excluding carboxylic acids is 2. The van der Waals surface area contributed by atoms with Gasteiger partial charge in [0.2, 0.25) is 0 Å². The van der Waals surface area contributed by atoms with E-state index in [1.807, 2.05) is 12.1 Å². The molecular weight excluding hydrogens is 274 g/mol. The van der Waals surface area contributed by atoms with Gasteiger partial charge in [-0.1, -0.05) is 17.3 Å². The second-order valence-corrected chi connectivity index (χ2v) is 4.76. The molecule has 0 aliphatic carbocycles. The van der Waals surface area contributed by atoms with Gasteiger partial charge >= 0.3 is 11.8 Å². The van der Waals surface area contributed by atoms with Crippen molar-refractivity contribution >= 4 is 18.0 Å². The molecule has 1 saturated heterocycles. The van der Waals surface area contributed by atoms with Gasteiger partial charge in [-0.05, 0) is 12.1 Å². The highest BCUT2D eigenvalue weighted by atomic mass is 16.5. The fourth-order valence-corrected chi connectivity index (χ4v) is 2.27. The first-order chi connectivity index (χ1) is 10.1. The molecule has 1 aromatic rings. The zero-order valence-electron chi connectivity index (χ0n) is 11.4. The van der Waals surface area contributed by atoms with Crippen LogP contribution in [0.5, 0.6) is 5.75 Å². The minimum absolute atomic E-state index is 0.0600. The fraction of sp³-hybridized carbons (Fsp3) is 0.357. The Kier molecular flexibility index (Phi) is 4.76. The number of amides is 2. The summed E-state index contributed by atoms with van der Waals surface area (Å²) >= 11 is 0. The maximum absolute atomic E-state index is 11.5. The van der Waals surface area contributed by atoms with Crippen LogP contribution in [0.4, 0.5) is 0 Å². The monoisotopic (exact) mass is 291 g/mol. The van der Waals surface area contributed by atoms with E-state index in [9.17, 15) is 9.59 Å². The SMILES string of the molecule is NC(=O)C(=O)N1CCC(Oc2ccccc2C=NO)CC1. The number of rotatable bonds is 3. The third-order valence-electron chi connectivity index (χ3n) is 3.35. The molecular formula is C14H17N3O4. The Hall–Kier alpha value is -2.57. The van der Waals surface area contributed by atoms with Crippen molar-refractivity contribution in [1.82, 2.24) is 4.90 Å². The molecule has 1 aromatic carbocycles. The van der Waals surface area contributed by atoms with E-state index in [1.165, 1.54) is 11.1 Å². The van der Waals surface area contributed by atoms with Crippen molar-refractivity contribution in [3.63, 3.8) is 0 Å². The Morgan fingerprint density at radius 1 is 1.33 bits per heavy atom. The van der Waals surface area contributed by atoms with Gasteiger partial charge in [0, 0.05) is 31.5 Å². The predicted octanol–water partition coefficient (Wildman–Crippen LogP) is 0.350. The van der Waals surface area contributed by atoms with E-state index in [0.29, 0.717) is 37.2 Å². The Balaban J connectivity index is 1.95. The molecule has 0 atom stereocenters. The first-order valence-electron chi connectivity index (χ1n) is 6.63. The maximum atomic E-state index is 11.5. The molecule has 21 heavy (non-hydrogen) atoms. The van der Waals surface area contributed by atoms with Crippen LogP contribution in [0.2, 0.25) is 0 Å². The Morgan fingerprint density at radius 3 is 2.62 bits per heavy atom. The Morgan fingerprint density at radius 2 is 2.00 bits per heavy atom. The molecule has 0 bridgehead atoms. The van der Waals surface area contributed by atoms with Crippen LogP contribution in [0, 0.1) is 0 Å². The van der Waals surface area contributed by atoms with Crippen LogP contribution in [-0.4, -0.2) is 47.3 Å². The number of nitrogens with two attached hydrogens (primary N) is 1. The average Bonchev–Trinajstić information content (AvgIpc) is 2.49. The van der Waals surface area contributed by atoms with Gasteiger partial charge < -0.3 is 20.6 Å². The van der Waals surface area contributed by atoms with E-state index >= 15 is 0 Å². The van der Waals surface area contributed by atoms with E-state index in [2.05, 4.69) is 5.16 Å². The highest BCUT2D eigenvalue weighted by Crippen LogP contribution is 2.22. The molecule has 2 amide bonds. The molecule has 0 saturated carbocycles. The number of primary amides is 1. The molecule has 1 aliphatic heterocycles. The Bertz CT molecular complexity index is 551.